The molecule has 0 heterocycles. The first-order valence-corrected chi connectivity index (χ1v) is 7.62. The summed E-state index contributed by atoms with van der Waals surface area (Å²) in [6, 6.07) is 10.9. The zero-order chi connectivity index (χ0) is 13.8. The predicted molar refractivity (Wildman–Crippen MR) is 86.7 cm³/mol. The Balaban J connectivity index is 2.12. The van der Waals surface area contributed by atoms with Gasteiger partial charge in [0.2, 0.25) is 0 Å². The van der Waals surface area contributed by atoms with Crippen LogP contribution in [0.4, 0.5) is 0 Å². The molecule has 0 saturated heterocycles. The van der Waals surface area contributed by atoms with E-state index in [0.29, 0.717) is 0 Å². The fourth-order valence-electron chi connectivity index (χ4n) is 3.24. The molecule has 0 aliphatic heterocycles. The van der Waals surface area contributed by atoms with Crippen LogP contribution in [0.15, 0.2) is 77.9 Å². The maximum Gasteiger partial charge on any atom is 0.0416 e. The summed E-state index contributed by atoms with van der Waals surface area (Å²) >= 11 is 0. The molecule has 0 N–H and O–H groups in total. The highest BCUT2D eigenvalue weighted by molar-refractivity contribution is 5.54. The molecular formula is C20H22. The van der Waals surface area contributed by atoms with Crippen LogP contribution >= 0.6 is 0 Å². The third-order valence-corrected chi connectivity index (χ3v) is 4.50. The average molecular weight is 262 g/mol. The average Bonchev–Trinajstić information content (AvgIpc) is 2.56. The minimum Gasteiger partial charge on any atom is -0.0839 e. The van der Waals surface area contributed by atoms with Crippen LogP contribution in [-0.2, 0) is 5.41 Å². The van der Waals surface area contributed by atoms with E-state index in [1.165, 1.54) is 29.6 Å². The second-order valence-corrected chi connectivity index (χ2v) is 5.77. The van der Waals surface area contributed by atoms with E-state index in [0.717, 1.165) is 12.8 Å². The SMILES string of the molecule is CC(C1=CCCC=C1)(C1=CCCC=C1)c1ccccc1. The first-order valence-electron chi connectivity index (χ1n) is 7.62. The van der Waals surface area contributed by atoms with E-state index in [4.69, 9.17) is 0 Å². The van der Waals surface area contributed by atoms with Crippen LogP contribution in [0.3, 0.4) is 0 Å². The second kappa shape index (κ2) is 5.66. The summed E-state index contributed by atoms with van der Waals surface area (Å²) in [5.41, 5.74) is 4.24. The number of hydrogen-bond donors (Lipinski definition) is 0. The lowest BCUT2D eigenvalue weighted by atomic mass is 9.68. The molecule has 0 heteroatoms. The predicted octanol–water partition coefficient (Wildman–Crippen LogP) is 5.50. The summed E-state index contributed by atoms with van der Waals surface area (Å²) in [6.45, 7) is 2.37. The Hall–Kier alpha value is -1.82. The lowest BCUT2D eigenvalue weighted by molar-refractivity contribution is 0.670. The molecule has 20 heavy (non-hydrogen) atoms. The Bertz CT molecular complexity index is 550. The Labute approximate surface area is 122 Å². The van der Waals surface area contributed by atoms with E-state index >= 15 is 0 Å². The van der Waals surface area contributed by atoms with Crippen molar-refractivity contribution in [3.8, 4) is 0 Å². The van der Waals surface area contributed by atoms with Gasteiger partial charge in [-0.15, -0.1) is 0 Å². The molecular weight excluding hydrogens is 240 g/mol. The molecule has 2 aliphatic rings. The molecule has 3 rings (SSSR count). The van der Waals surface area contributed by atoms with E-state index < -0.39 is 0 Å². The van der Waals surface area contributed by atoms with Crippen molar-refractivity contribution in [3.05, 3.63) is 83.5 Å². The molecule has 1 aromatic carbocycles. The van der Waals surface area contributed by atoms with Gasteiger partial charge in [0.05, 0.1) is 0 Å². The van der Waals surface area contributed by atoms with Gasteiger partial charge < -0.3 is 0 Å². The molecule has 0 nitrogen and oxygen atoms in total. The van der Waals surface area contributed by atoms with Crippen LogP contribution in [0.2, 0.25) is 0 Å². The highest BCUT2D eigenvalue weighted by atomic mass is 14.4. The number of rotatable bonds is 3. The van der Waals surface area contributed by atoms with Gasteiger partial charge in [-0.05, 0) is 49.3 Å². The quantitative estimate of drug-likeness (QED) is 0.675. The first kappa shape index (κ1) is 13.2. The number of benzene rings is 1. The lowest BCUT2D eigenvalue weighted by Crippen LogP contribution is -2.27. The Morgan fingerprint density at radius 3 is 1.75 bits per heavy atom. The highest BCUT2D eigenvalue weighted by Gasteiger charge is 2.33. The molecule has 0 aromatic heterocycles. The standard InChI is InChI=1S/C20H22/c1-20(17-11-5-2-6-12-17,18-13-7-3-8-14-18)19-15-9-4-10-16-19/h2,5-7,9,11-16H,3-4,8,10H2,1H3. The van der Waals surface area contributed by atoms with Gasteiger partial charge in [-0.1, -0.05) is 66.8 Å². The molecule has 0 atom stereocenters. The first-order chi connectivity index (χ1) is 9.82. The summed E-state index contributed by atoms with van der Waals surface area (Å²) < 4.78 is 0. The number of allylic oxidation sites excluding steroid dienone is 8. The van der Waals surface area contributed by atoms with Crippen molar-refractivity contribution in [1.29, 1.82) is 0 Å². The summed E-state index contributed by atoms with van der Waals surface area (Å²) in [7, 11) is 0. The highest BCUT2D eigenvalue weighted by Crippen LogP contribution is 2.42. The van der Waals surface area contributed by atoms with Gasteiger partial charge in [-0.25, -0.2) is 0 Å². The van der Waals surface area contributed by atoms with Crippen molar-refractivity contribution in [3.63, 3.8) is 0 Å². The summed E-state index contributed by atoms with van der Waals surface area (Å²) in [6.07, 6.45) is 18.7. The van der Waals surface area contributed by atoms with E-state index in [9.17, 15) is 0 Å². The summed E-state index contributed by atoms with van der Waals surface area (Å²) in [5.74, 6) is 0. The van der Waals surface area contributed by atoms with Gasteiger partial charge in [0, 0.05) is 5.41 Å². The summed E-state index contributed by atoms with van der Waals surface area (Å²) in [4.78, 5) is 0. The van der Waals surface area contributed by atoms with Crippen LogP contribution < -0.4 is 0 Å². The molecule has 0 fully saturated rings. The van der Waals surface area contributed by atoms with Gasteiger partial charge in [-0.3, -0.25) is 0 Å². The third-order valence-electron chi connectivity index (χ3n) is 4.50. The molecule has 1 aromatic rings. The lowest BCUT2D eigenvalue weighted by Gasteiger charge is -2.35. The van der Waals surface area contributed by atoms with Gasteiger partial charge in [-0.2, -0.15) is 0 Å². The third kappa shape index (κ3) is 2.31. The molecule has 0 spiro atoms. The van der Waals surface area contributed by atoms with Crippen molar-refractivity contribution < 1.29 is 0 Å². The normalized spacial score (nSPS) is 18.6. The maximum absolute atomic E-state index is 2.41. The Morgan fingerprint density at radius 1 is 0.750 bits per heavy atom. The molecule has 0 amide bonds. The monoisotopic (exact) mass is 262 g/mol. The van der Waals surface area contributed by atoms with Crippen molar-refractivity contribution in [2.24, 2.45) is 0 Å². The van der Waals surface area contributed by atoms with E-state index in [1.807, 2.05) is 0 Å². The van der Waals surface area contributed by atoms with Crippen molar-refractivity contribution >= 4 is 0 Å². The van der Waals surface area contributed by atoms with Crippen LogP contribution in [0.25, 0.3) is 0 Å². The number of hydrogen-bond acceptors (Lipinski definition) is 0. The minimum absolute atomic E-state index is 0.0188. The maximum atomic E-state index is 2.41. The zero-order valence-electron chi connectivity index (χ0n) is 12.2. The second-order valence-electron chi connectivity index (χ2n) is 5.77. The topological polar surface area (TPSA) is 0 Å². The molecule has 0 unspecified atom stereocenters. The summed E-state index contributed by atoms with van der Waals surface area (Å²) in [5, 5.41) is 0. The zero-order valence-corrected chi connectivity index (χ0v) is 12.2. The van der Waals surface area contributed by atoms with E-state index in [2.05, 4.69) is 73.7 Å². The van der Waals surface area contributed by atoms with Crippen LogP contribution in [-0.4, -0.2) is 0 Å². The van der Waals surface area contributed by atoms with Crippen molar-refractivity contribution in [2.45, 2.75) is 38.0 Å². The molecule has 102 valence electrons. The molecule has 0 bridgehead atoms. The van der Waals surface area contributed by atoms with Crippen molar-refractivity contribution in [2.75, 3.05) is 0 Å². The minimum atomic E-state index is -0.0188. The Morgan fingerprint density at radius 2 is 1.30 bits per heavy atom. The van der Waals surface area contributed by atoms with Gasteiger partial charge >= 0.3 is 0 Å². The van der Waals surface area contributed by atoms with Crippen LogP contribution in [0.5, 0.6) is 0 Å². The van der Waals surface area contributed by atoms with E-state index in [-0.39, 0.29) is 5.41 Å². The van der Waals surface area contributed by atoms with Crippen molar-refractivity contribution in [1.82, 2.24) is 0 Å². The van der Waals surface area contributed by atoms with Crippen LogP contribution in [0.1, 0.15) is 38.2 Å². The Kier molecular flexibility index (Phi) is 3.73. The molecule has 0 saturated carbocycles. The van der Waals surface area contributed by atoms with E-state index in [1.54, 1.807) is 0 Å². The molecule has 2 aliphatic carbocycles. The smallest absolute Gasteiger partial charge is 0.0416 e. The molecule has 0 radical (unpaired) electrons. The fraction of sp³-hybridized carbons (Fsp3) is 0.300. The van der Waals surface area contributed by atoms with Gasteiger partial charge in [0.1, 0.15) is 0 Å². The largest absolute Gasteiger partial charge is 0.0839 e. The van der Waals surface area contributed by atoms with Gasteiger partial charge in [0.25, 0.3) is 0 Å². The van der Waals surface area contributed by atoms with Gasteiger partial charge in [0.15, 0.2) is 0 Å². The fourth-order valence-corrected chi connectivity index (χ4v) is 3.24. The van der Waals surface area contributed by atoms with Crippen LogP contribution in [0, 0.1) is 0 Å².